The summed E-state index contributed by atoms with van der Waals surface area (Å²) >= 11 is 0. The lowest BCUT2D eigenvalue weighted by molar-refractivity contribution is 0.0853. The second-order valence-electron chi connectivity index (χ2n) is 5.27. The van der Waals surface area contributed by atoms with Gasteiger partial charge < -0.3 is 15.4 Å². The predicted molar refractivity (Wildman–Crippen MR) is 81.4 cm³/mol. The molecule has 0 radical (unpaired) electrons. The number of unbranched alkanes of at least 4 members (excludes halogenated alkanes) is 2. The average Bonchev–Trinajstić information content (AvgIpc) is 3.03. The maximum atomic E-state index is 12.0. The molecule has 1 aliphatic heterocycles. The van der Waals surface area contributed by atoms with Crippen LogP contribution in [0.25, 0.3) is 0 Å². The summed E-state index contributed by atoms with van der Waals surface area (Å²) in [5.74, 6) is 0.521. The zero-order valence-corrected chi connectivity index (χ0v) is 12.6. The predicted octanol–water partition coefficient (Wildman–Crippen LogP) is 1.99. The molecule has 6 nitrogen and oxygen atoms in total. The minimum Gasteiger partial charge on any atom is -0.376 e. The molecule has 0 saturated carbocycles. The molecule has 1 aliphatic rings. The summed E-state index contributed by atoms with van der Waals surface area (Å²) in [5.41, 5.74) is 0.390. The summed E-state index contributed by atoms with van der Waals surface area (Å²) in [7, 11) is 0. The first-order valence-corrected chi connectivity index (χ1v) is 7.75. The van der Waals surface area contributed by atoms with Gasteiger partial charge in [-0.1, -0.05) is 19.8 Å². The molecule has 2 rings (SSSR count). The molecule has 21 heavy (non-hydrogen) atoms. The molecule has 0 aromatic carbocycles. The van der Waals surface area contributed by atoms with E-state index < -0.39 is 0 Å². The Hall–Kier alpha value is -1.69. The molecular formula is C15H24N4O2. The van der Waals surface area contributed by atoms with Crippen molar-refractivity contribution in [2.24, 2.45) is 0 Å². The number of carbonyl (C=O) groups excluding carboxylic acids is 1. The van der Waals surface area contributed by atoms with Crippen molar-refractivity contribution in [1.82, 2.24) is 15.3 Å². The van der Waals surface area contributed by atoms with Gasteiger partial charge in [0.2, 0.25) is 0 Å². The molecule has 1 atom stereocenters. The van der Waals surface area contributed by atoms with Crippen LogP contribution in [-0.4, -0.2) is 41.7 Å². The van der Waals surface area contributed by atoms with Crippen molar-refractivity contribution in [3.05, 3.63) is 18.1 Å². The molecule has 0 spiro atoms. The number of rotatable bonds is 8. The van der Waals surface area contributed by atoms with Gasteiger partial charge in [0.15, 0.2) is 0 Å². The fourth-order valence-corrected chi connectivity index (χ4v) is 2.27. The Kier molecular flexibility index (Phi) is 6.40. The third kappa shape index (κ3) is 5.30. The summed E-state index contributed by atoms with van der Waals surface area (Å²) in [5, 5.41) is 6.08. The average molecular weight is 292 g/mol. The highest BCUT2D eigenvalue weighted by Crippen LogP contribution is 2.11. The fourth-order valence-electron chi connectivity index (χ4n) is 2.27. The number of amides is 1. The first-order valence-electron chi connectivity index (χ1n) is 7.75. The lowest BCUT2D eigenvalue weighted by Crippen LogP contribution is -2.32. The monoisotopic (exact) mass is 292 g/mol. The van der Waals surface area contributed by atoms with Crippen molar-refractivity contribution in [3.63, 3.8) is 0 Å². The highest BCUT2D eigenvalue weighted by molar-refractivity contribution is 5.92. The molecule has 0 bridgehead atoms. The zero-order chi connectivity index (χ0) is 14.9. The number of anilines is 1. The Morgan fingerprint density at radius 1 is 1.43 bits per heavy atom. The minimum atomic E-state index is -0.176. The Morgan fingerprint density at radius 3 is 3.10 bits per heavy atom. The summed E-state index contributed by atoms with van der Waals surface area (Å²) in [6, 6.07) is 1.69. The van der Waals surface area contributed by atoms with Gasteiger partial charge in [0, 0.05) is 25.8 Å². The van der Waals surface area contributed by atoms with Crippen LogP contribution >= 0.6 is 0 Å². The van der Waals surface area contributed by atoms with Crippen molar-refractivity contribution in [1.29, 1.82) is 0 Å². The molecule has 2 N–H and O–H groups in total. The highest BCUT2D eigenvalue weighted by Gasteiger charge is 2.17. The summed E-state index contributed by atoms with van der Waals surface area (Å²) < 4.78 is 5.48. The summed E-state index contributed by atoms with van der Waals surface area (Å²) in [6.45, 7) is 4.37. The number of carbonyl (C=O) groups is 1. The van der Waals surface area contributed by atoms with Crippen LogP contribution in [0.3, 0.4) is 0 Å². The lowest BCUT2D eigenvalue weighted by atomic mass is 10.2. The Morgan fingerprint density at radius 2 is 2.33 bits per heavy atom. The minimum absolute atomic E-state index is 0.141. The molecule has 1 fully saturated rings. The summed E-state index contributed by atoms with van der Waals surface area (Å²) in [6.07, 6.45) is 7.11. The van der Waals surface area contributed by atoms with Crippen LogP contribution in [0, 0.1) is 0 Å². The number of aromatic nitrogens is 2. The van der Waals surface area contributed by atoms with Gasteiger partial charge in [0.25, 0.3) is 5.91 Å². The number of hydrogen-bond acceptors (Lipinski definition) is 5. The molecule has 1 amide bonds. The normalized spacial score (nSPS) is 17.7. The maximum Gasteiger partial charge on any atom is 0.270 e. The molecule has 6 heteroatoms. The van der Waals surface area contributed by atoms with Crippen molar-refractivity contribution >= 4 is 11.7 Å². The maximum absolute atomic E-state index is 12.0. The molecule has 1 unspecified atom stereocenters. The lowest BCUT2D eigenvalue weighted by Gasteiger charge is -2.11. The van der Waals surface area contributed by atoms with E-state index in [4.69, 9.17) is 4.74 Å². The van der Waals surface area contributed by atoms with Crippen molar-refractivity contribution in [2.45, 2.75) is 45.1 Å². The fraction of sp³-hybridized carbons (Fsp3) is 0.667. The number of hydrogen-bond donors (Lipinski definition) is 2. The largest absolute Gasteiger partial charge is 0.376 e. The second-order valence-corrected chi connectivity index (χ2v) is 5.27. The van der Waals surface area contributed by atoms with Gasteiger partial charge in [-0.25, -0.2) is 9.97 Å². The molecule has 116 valence electrons. The van der Waals surface area contributed by atoms with Crippen LogP contribution in [0.2, 0.25) is 0 Å². The zero-order valence-electron chi connectivity index (χ0n) is 12.6. The van der Waals surface area contributed by atoms with E-state index in [1.807, 2.05) is 0 Å². The SMILES string of the molecule is CCCCCNc1cc(C(=O)NCC2CCCO2)ncn1. The third-order valence-electron chi connectivity index (χ3n) is 3.50. The van der Waals surface area contributed by atoms with Crippen molar-refractivity contribution < 1.29 is 9.53 Å². The van der Waals surface area contributed by atoms with E-state index in [1.54, 1.807) is 6.07 Å². The Bertz CT molecular complexity index is 447. The van der Waals surface area contributed by atoms with E-state index in [2.05, 4.69) is 27.5 Å². The van der Waals surface area contributed by atoms with Gasteiger partial charge in [-0.3, -0.25) is 4.79 Å². The first kappa shape index (κ1) is 15.7. The first-order chi connectivity index (χ1) is 10.3. The van der Waals surface area contributed by atoms with Gasteiger partial charge in [-0.05, 0) is 19.3 Å². The van der Waals surface area contributed by atoms with E-state index in [-0.39, 0.29) is 12.0 Å². The third-order valence-corrected chi connectivity index (χ3v) is 3.50. The van der Waals surface area contributed by atoms with Crippen LogP contribution in [0.1, 0.15) is 49.5 Å². The van der Waals surface area contributed by atoms with Gasteiger partial charge in [-0.15, -0.1) is 0 Å². The highest BCUT2D eigenvalue weighted by atomic mass is 16.5. The smallest absolute Gasteiger partial charge is 0.270 e. The molecule has 1 aromatic heterocycles. The van der Waals surface area contributed by atoms with Crippen LogP contribution < -0.4 is 10.6 Å². The van der Waals surface area contributed by atoms with Crippen molar-refractivity contribution in [2.75, 3.05) is 25.0 Å². The van der Waals surface area contributed by atoms with Crippen LogP contribution in [-0.2, 0) is 4.74 Å². The van der Waals surface area contributed by atoms with E-state index >= 15 is 0 Å². The second kappa shape index (κ2) is 8.56. The van der Waals surface area contributed by atoms with Gasteiger partial charge in [0.1, 0.15) is 17.8 Å². The molecule has 1 aromatic rings. The Labute approximate surface area is 125 Å². The molecule has 1 saturated heterocycles. The number of nitrogens with zero attached hydrogens (tertiary/aromatic N) is 2. The molecule has 2 heterocycles. The van der Waals surface area contributed by atoms with E-state index in [1.165, 1.54) is 19.2 Å². The number of ether oxygens (including phenoxy) is 1. The quantitative estimate of drug-likeness (QED) is 0.717. The molecular weight excluding hydrogens is 268 g/mol. The van der Waals surface area contributed by atoms with Crippen LogP contribution in [0.5, 0.6) is 0 Å². The van der Waals surface area contributed by atoms with Crippen LogP contribution in [0.15, 0.2) is 12.4 Å². The van der Waals surface area contributed by atoms with Gasteiger partial charge in [0.05, 0.1) is 6.10 Å². The van der Waals surface area contributed by atoms with Gasteiger partial charge in [-0.2, -0.15) is 0 Å². The summed E-state index contributed by atoms with van der Waals surface area (Å²) in [4.78, 5) is 20.2. The van der Waals surface area contributed by atoms with E-state index in [0.717, 1.165) is 32.4 Å². The standard InChI is InChI=1S/C15H24N4O2/c1-2-3-4-7-16-14-9-13(18-11-19-14)15(20)17-10-12-6-5-8-21-12/h9,11-12H,2-8,10H2,1H3,(H,17,20)(H,16,18,19). The molecule has 0 aliphatic carbocycles. The number of nitrogens with one attached hydrogen (secondary N) is 2. The van der Waals surface area contributed by atoms with Crippen LogP contribution in [0.4, 0.5) is 5.82 Å². The van der Waals surface area contributed by atoms with Crippen molar-refractivity contribution in [3.8, 4) is 0 Å². The van der Waals surface area contributed by atoms with E-state index in [0.29, 0.717) is 18.1 Å². The topological polar surface area (TPSA) is 76.1 Å². The Balaban J connectivity index is 1.79. The van der Waals surface area contributed by atoms with E-state index in [9.17, 15) is 4.79 Å². The van der Waals surface area contributed by atoms with Gasteiger partial charge >= 0.3 is 0 Å².